The molecule has 3 rings (SSSR count). The fraction of sp³-hybridized carbons (Fsp3) is 0.300. The predicted molar refractivity (Wildman–Crippen MR) is 99.7 cm³/mol. The van der Waals surface area contributed by atoms with E-state index in [2.05, 4.69) is 10.6 Å². The summed E-state index contributed by atoms with van der Waals surface area (Å²) in [7, 11) is 0. The van der Waals surface area contributed by atoms with Crippen LogP contribution in [0.15, 0.2) is 54.6 Å². The van der Waals surface area contributed by atoms with E-state index in [1.165, 1.54) is 17.0 Å². The molecule has 2 aromatic carbocycles. The topological polar surface area (TPSA) is 81.7 Å². The summed E-state index contributed by atoms with van der Waals surface area (Å²) in [6.07, 6.45) is -0.0753. The number of nitrogens with one attached hydrogen (secondary N) is 2. The van der Waals surface area contributed by atoms with Crippen LogP contribution >= 0.6 is 0 Å². The van der Waals surface area contributed by atoms with Gasteiger partial charge in [0.25, 0.3) is 0 Å². The number of hydrogen-bond acceptors (Lipinski definition) is 3. The largest absolute Gasteiger partial charge is 0.391 e. The van der Waals surface area contributed by atoms with Crippen LogP contribution in [0.3, 0.4) is 0 Å². The van der Waals surface area contributed by atoms with Crippen LogP contribution in [0.5, 0.6) is 0 Å². The molecule has 142 valence electrons. The van der Waals surface area contributed by atoms with Gasteiger partial charge in [0, 0.05) is 25.2 Å². The fourth-order valence-corrected chi connectivity index (χ4v) is 3.14. The first kappa shape index (κ1) is 18.8. The van der Waals surface area contributed by atoms with E-state index in [0.29, 0.717) is 18.7 Å². The summed E-state index contributed by atoms with van der Waals surface area (Å²) in [5.74, 6) is -0.646. The Balaban J connectivity index is 1.56. The Bertz CT molecular complexity index is 800. The first-order chi connectivity index (χ1) is 13.0. The summed E-state index contributed by atoms with van der Waals surface area (Å²) >= 11 is 0. The van der Waals surface area contributed by atoms with Crippen LogP contribution < -0.4 is 10.6 Å². The summed E-state index contributed by atoms with van der Waals surface area (Å²) in [4.78, 5) is 26.3. The highest BCUT2D eigenvalue weighted by atomic mass is 19.1. The number of aliphatic hydroxyl groups is 1. The van der Waals surface area contributed by atoms with Crippen molar-refractivity contribution >= 4 is 17.6 Å². The molecule has 0 bridgehead atoms. The van der Waals surface area contributed by atoms with Crippen LogP contribution in [0, 0.1) is 5.82 Å². The van der Waals surface area contributed by atoms with Crippen molar-refractivity contribution in [3.8, 4) is 0 Å². The average Bonchev–Trinajstić information content (AvgIpc) is 3.05. The van der Waals surface area contributed by atoms with E-state index < -0.39 is 18.2 Å². The van der Waals surface area contributed by atoms with Crippen molar-refractivity contribution in [1.82, 2.24) is 10.2 Å². The van der Waals surface area contributed by atoms with Crippen LogP contribution in [0.2, 0.25) is 0 Å². The van der Waals surface area contributed by atoms with Crippen molar-refractivity contribution in [3.63, 3.8) is 0 Å². The number of urea groups is 1. The summed E-state index contributed by atoms with van der Waals surface area (Å²) < 4.78 is 13.2. The van der Waals surface area contributed by atoms with E-state index in [-0.39, 0.29) is 24.7 Å². The summed E-state index contributed by atoms with van der Waals surface area (Å²) in [6.45, 7) is 0.420. The minimum absolute atomic E-state index is 0.0979. The maximum Gasteiger partial charge on any atom is 0.322 e. The zero-order valence-corrected chi connectivity index (χ0v) is 14.8. The van der Waals surface area contributed by atoms with Crippen LogP contribution in [-0.4, -0.2) is 47.2 Å². The van der Waals surface area contributed by atoms with Gasteiger partial charge in [0.1, 0.15) is 11.9 Å². The number of β-amino-alcohol motifs (C(OH)–C–C–N with tert-alkyl or cyclic N) is 1. The van der Waals surface area contributed by atoms with Gasteiger partial charge in [0.05, 0.1) is 6.10 Å². The number of likely N-dealkylation sites (tertiary alicyclic amines) is 1. The normalized spacial score (nSPS) is 19.0. The molecule has 0 unspecified atom stereocenters. The molecule has 27 heavy (non-hydrogen) atoms. The molecule has 7 heteroatoms. The molecule has 2 aromatic rings. The zero-order chi connectivity index (χ0) is 19.2. The highest BCUT2D eigenvalue weighted by Crippen LogP contribution is 2.20. The number of anilines is 1. The van der Waals surface area contributed by atoms with Gasteiger partial charge in [0.15, 0.2) is 0 Å². The number of hydrogen-bond donors (Lipinski definition) is 3. The van der Waals surface area contributed by atoms with Crippen molar-refractivity contribution in [1.29, 1.82) is 0 Å². The van der Waals surface area contributed by atoms with Gasteiger partial charge in [-0.25, -0.2) is 9.18 Å². The molecule has 0 saturated carbocycles. The van der Waals surface area contributed by atoms with E-state index >= 15 is 0 Å². The van der Waals surface area contributed by atoms with Gasteiger partial charge in [-0.3, -0.25) is 4.79 Å². The lowest BCUT2D eigenvalue weighted by molar-refractivity contribution is -0.124. The van der Waals surface area contributed by atoms with Gasteiger partial charge in [-0.1, -0.05) is 30.3 Å². The van der Waals surface area contributed by atoms with Crippen LogP contribution in [0.1, 0.15) is 12.0 Å². The molecule has 1 heterocycles. The Morgan fingerprint density at radius 3 is 2.67 bits per heavy atom. The second-order valence-electron chi connectivity index (χ2n) is 6.52. The molecule has 0 aromatic heterocycles. The van der Waals surface area contributed by atoms with Gasteiger partial charge in [0.2, 0.25) is 5.91 Å². The van der Waals surface area contributed by atoms with Gasteiger partial charge in [-0.2, -0.15) is 0 Å². The van der Waals surface area contributed by atoms with Crippen molar-refractivity contribution in [3.05, 3.63) is 66.0 Å². The first-order valence-electron chi connectivity index (χ1n) is 8.86. The van der Waals surface area contributed by atoms with Crippen molar-refractivity contribution < 1.29 is 19.1 Å². The molecule has 6 nitrogen and oxygen atoms in total. The molecule has 0 radical (unpaired) electrons. The van der Waals surface area contributed by atoms with Gasteiger partial charge < -0.3 is 20.6 Å². The van der Waals surface area contributed by atoms with E-state index in [4.69, 9.17) is 0 Å². The summed E-state index contributed by atoms with van der Waals surface area (Å²) in [5, 5.41) is 15.4. The second-order valence-corrected chi connectivity index (χ2v) is 6.52. The molecule has 0 aliphatic carbocycles. The van der Waals surface area contributed by atoms with Gasteiger partial charge >= 0.3 is 6.03 Å². The summed E-state index contributed by atoms with van der Waals surface area (Å²) in [5.41, 5.74) is 1.40. The third kappa shape index (κ3) is 5.04. The number of amides is 3. The van der Waals surface area contributed by atoms with E-state index in [1.807, 2.05) is 6.07 Å². The number of benzene rings is 2. The molecular formula is C20H22FN3O3. The van der Waals surface area contributed by atoms with Gasteiger partial charge in [-0.05, 0) is 36.2 Å². The standard InChI is InChI=1S/C20H22FN3O3/c21-15-6-4-5-14(11-15)9-10-22-19(26)18-12-17(25)13-24(18)20(27)23-16-7-2-1-3-8-16/h1-8,11,17-18,25H,9-10,12-13H2,(H,22,26)(H,23,27)/t17-,18-/m1/s1. The summed E-state index contributed by atoms with van der Waals surface area (Å²) in [6, 6.07) is 14.0. The third-order valence-corrected chi connectivity index (χ3v) is 4.47. The molecule has 1 aliphatic rings. The molecular weight excluding hydrogens is 349 g/mol. The number of halogens is 1. The Morgan fingerprint density at radius 2 is 1.93 bits per heavy atom. The quantitative estimate of drug-likeness (QED) is 0.753. The third-order valence-electron chi connectivity index (χ3n) is 4.47. The predicted octanol–water partition coefficient (Wildman–Crippen LogP) is 2.15. The maximum absolute atomic E-state index is 13.2. The highest BCUT2D eigenvalue weighted by Gasteiger charge is 2.38. The van der Waals surface area contributed by atoms with Crippen molar-refractivity contribution in [2.24, 2.45) is 0 Å². The number of carbonyl (C=O) groups is 2. The SMILES string of the molecule is O=C(NCCc1cccc(F)c1)[C@H]1C[C@@H](O)CN1C(=O)Nc1ccccc1. The van der Waals surface area contributed by atoms with Crippen molar-refractivity contribution in [2.75, 3.05) is 18.4 Å². The number of carbonyl (C=O) groups excluding carboxylic acids is 2. The minimum Gasteiger partial charge on any atom is -0.391 e. The lowest BCUT2D eigenvalue weighted by atomic mass is 10.1. The first-order valence-corrected chi connectivity index (χ1v) is 8.86. The molecule has 2 atom stereocenters. The van der Waals surface area contributed by atoms with E-state index in [0.717, 1.165) is 5.56 Å². The number of rotatable bonds is 5. The lowest BCUT2D eigenvalue weighted by Gasteiger charge is -2.24. The molecule has 1 saturated heterocycles. The molecule has 1 fully saturated rings. The van der Waals surface area contributed by atoms with E-state index in [1.54, 1.807) is 36.4 Å². The van der Waals surface area contributed by atoms with E-state index in [9.17, 15) is 19.1 Å². The number of aliphatic hydroxyl groups excluding tert-OH is 1. The number of para-hydroxylation sites is 1. The molecule has 3 N–H and O–H groups in total. The smallest absolute Gasteiger partial charge is 0.322 e. The van der Waals surface area contributed by atoms with Crippen molar-refractivity contribution in [2.45, 2.75) is 25.0 Å². The Labute approximate surface area is 157 Å². The molecule has 0 spiro atoms. The Hall–Kier alpha value is -2.93. The minimum atomic E-state index is -0.745. The fourth-order valence-electron chi connectivity index (χ4n) is 3.14. The van der Waals surface area contributed by atoms with Gasteiger partial charge in [-0.15, -0.1) is 0 Å². The average molecular weight is 371 g/mol. The monoisotopic (exact) mass is 371 g/mol. The molecule has 3 amide bonds. The molecule has 1 aliphatic heterocycles. The maximum atomic E-state index is 13.2. The number of nitrogens with zero attached hydrogens (tertiary/aromatic N) is 1. The highest BCUT2D eigenvalue weighted by molar-refractivity contribution is 5.94. The zero-order valence-electron chi connectivity index (χ0n) is 14.8. The second kappa shape index (κ2) is 8.64. The lowest BCUT2D eigenvalue weighted by Crippen LogP contribution is -2.47. The van der Waals surface area contributed by atoms with Crippen LogP contribution in [-0.2, 0) is 11.2 Å². The van der Waals surface area contributed by atoms with Crippen LogP contribution in [0.4, 0.5) is 14.9 Å². The van der Waals surface area contributed by atoms with Crippen LogP contribution in [0.25, 0.3) is 0 Å². The Kier molecular flexibility index (Phi) is 6.03. The Morgan fingerprint density at radius 1 is 1.15 bits per heavy atom.